The van der Waals surface area contributed by atoms with Crippen LogP contribution in [0.15, 0.2) is 18.2 Å². The van der Waals surface area contributed by atoms with Gasteiger partial charge in [-0.1, -0.05) is 17.7 Å². The van der Waals surface area contributed by atoms with Gasteiger partial charge in [0.05, 0.1) is 5.75 Å². The lowest BCUT2D eigenvalue weighted by Gasteiger charge is -2.06. The topological polar surface area (TPSA) is 38.3 Å². The minimum absolute atomic E-state index is 0.0409. The number of halogens is 2. The first kappa shape index (κ1) is 17.3. The number of hydrogen-bond donors (Lipinski definition) is 1. The van der Waals surface area contributed by atoms with E-state index in [4.69, 9.17) is 16.3 Å². The van der Waals surface area contributed by atoms with Gasteiger partial charge in [0.2, 0.25) is 5.91 Å². The van der Waals surface area contributed by atoms with Crippen molar-refractivity contribution in [3.63, 3.8) is 0 Å². The Labute approximate surface area is 128 Å². The largest absolute Gasteiger partial charge is 0.382 e. The minimum atomic E-state index is -0.331. The molecule has 0 fully saturated rings. The van der Waals surface area contributed by atoms with Crippen LogP contribution in [0.3, 0.4) is 0 Å². The second kappa shape index (κ2) is 10.0. The number of rotatable bonds is 9. The number of carbonyl (C=O) groups is 1. The summed E-state index contributed by atoms with van der Waals surface area (Å²) in [5, 5.41) is 3.17. The van der Waals surface area contributed by atoms with Gasteiger partial charge in [0.25, 0.3) is 0 Å². The van der Waals surface area contributed by atoms with Crippen LogP contribution in [0.2, 0.25) is 5.02 Å². The molecule has 0 aliphatic carbocycles. The molecule has 20 heavy (non-hydrogen) atoms. The Morgan fingerprint density at radius 1 is 1.50 bits per heavy atom. The number of benzene rings is 1. The van der Waals surface area contributed by atoms with Gasteiger partial charge >= 0.3 is 0 Å². The standard InChI is InChI=1S/C14H19ClFNO2S/c1-2-19-7-3-6-17-14(18)10-20-9-11-4-5-12(15)8-13(11)16/h4-5,8H,2-3,6-7,9-10H2,1H3,(H,17,18). The van der Waals surface area contributed by atoms with Crippen LogP contribution in [0, 0.1) is 5.82 Å². The maximum Gasteiger partial charge on any atom is 0.230 e. The highest BCUT2D eigenvalue weighted by Crippen LogP contribution is 2.19. The molecule has 0 radical (unpaired) electrons. The van der Waals surface area contributed by atoms with Crippen molar-refractivity contribution < 1.29 is 13.9 Å². The van der Waals surface area contributed by atoms with Crippen molar-refractivity contribution in [1.29, 1.82) is 0 Å². The van der Waals surface area contributed by atoms with Crippen LogP contribution >= 0.6 is 23.4 Å². The van der Waals surface area contributed by atoms with E-state index in [0.717, 1.165) is 6.42 Å². The molecule has 0 spiro atoms. The molecular weight excluding hydrogens is 301 g/mol. The average Bonchev–Trinajstić information content (AvgIpc) is 2.41. The van der Waals surface area contributed by atoms with Gasteiger partial charge < -0.3 is 10.1 Å². The van der Waals surface area contributed by atoms with Gasteiger partial charge in [-0.25, -0.2) is 4.39 Å². The first-order valence-electron chi connectivity index (χ1n) is 6.49. The SMILES string of the molecule is CCOCCCNC(=O)CSCc1ccc(Cl)cc1F. The van der Waals surface area contributed by atoms with E-state index in [2.05, 4.69) is 5.32 Å². The third-order valence-corrected chi connectivity index (χ3v) is 3.71. The summed E-state index contributed by atoms with van der Waals surface area (Å²) in [7, 11) is 0. The molecule has 0 bridgehead atoms. The molecule has 0 saturated heterocycles. The van der Waals surface area contributed by atoms with Crippen molar-refractivity contribution in [3.8, 4) is 0 Å². The first-order valence-corrected chi connectivity index (χ1v) is 8.03. The average molecular weight is 320 g/mol. The first-order chi connectivity index (χ1) is 9.63. The van der Waals surface area contributed by atoms with E-state index in [1.165, 1.54) is 17.8 Å². The maximum absolute atomic E-state index is 13.5. The Kier molecular flexibility index (Phi) is 8.65. The highest BCUT2D eigenvalue weighted by atomic mass is 35.5. The second-order valence-corrected chi connectivity index (χ2v) is 5.55. The Morgan fingerprint density at radius 2 is 2.30 bits per heavy atom. The van der Waals surface area contributed by atoms with Crippen molar-refractivity contribution >= 4 is 29.3 Å². The summed E-state index contributed by atoms with van der Waals surface area (Å²) >= 11 is 7.05. The monoisotopic (exact) mass is 319 g/mol. The van der Waals surface area contributed by atoms with Gasteiger partial charge in [-0.05, 0) is 31.0 Å². The second-order valence-electron chi connectivity index (χ2n) is 4.13. The molecule has 1 amide bonds. The molecule has 0 saturated carbocycles. The number of thioether (sulfide) groups is 1. The van der Waals surface area contributed by atoms with E-state index in [-0.39, 0.29) is 11.7 Å². The number of ether oxygens (including phenoxy) is 1. The number of amides is 1. The maximum atomic E-state index is 13.5. The summed E-state index contributed by atoms with van der Waals surface area (Å²) in [6.45, 7) is 3.89. The lowest BCUT2D eigenvalue weighted by Crippen LogP contribution is -2.27. The lowest BCUT2D eigenvalue weighted by molar-refractivity contribution is -0.118. The molecule has 0 heterocycles. The Morgan fingerprint density at radius 3 is 3.00 bits per heavy atom. The zero-order chi connectivity index (χ0) is 14.8. The number of nitrogens with one attached hydrogen (secondary N) is 1. The Hall–Kier alpha value is -0.780. The van der Waals surface area contributed by atoms with Gasteiger partial charge in [0, 0.05) is 30.5 Å². The zero-order valence-electron chi connectivity index (χ0n) is 11.5. The summed E-state index contributed by atoms with van der Waals surface area (Å²) in [6.07, 6.45) is 0.802. The summed E-state index contributed by atoms with van der Waals surface area (Å²) in [5.74, 6) is 0.398. The third kappa shape index (κ3) is 7.12. The van der Waals surface area contributed by atoms with Gasteiger partial charge in [0.1, 0.15) is 5.82 Å². The van der Waals surface area contributed by atoms with Crippen LogP contribution in [-0.2, 0) is 15.3 Å². The fourth-order valence-corrected chi connectivity index (χ4v) is 2.49. The normalized spacial score (nSPS) is 10.6. The van der Waals surface area contributed by atoms with Gasteiger partial charge in [-0.3, -0.25) is 4.79 Å². The van der Waals surface area contributed by atoms with E-state index in [1.807, 2.05) is 6.92 Å². The summed E-state index contributed by atoms with van der Waals surface area (Å²) in [4.78, 5) is 11.5. The van der Waals surface area contributed by atoms with Crippen LogP contribution in [0.1, 0.15) is 18.9 Å². The zero-order valence-corrected chi connectivity index (χ0v) is 13.0. The van der Waals surface area contributed by atoms with E-state index >= 15 is 0 Å². The van der Waals surface area contributed by atoms with E-state index in [1.54, 1.807) is 12.1 Å². The lowest BCUT2D eigenvalue weighted by atomic mass is 10.2. The molecule has 0 aliphatic heterocycles. The van der Waals surface area contributed by atoms with Gasteiger partial charge in [0.15, 0.2) is 0 Å². The van der Waals surface area contributed by atoms with Crippen LogP contribution in [-0.4, -0.2) is 31.4 Å². The summed E-state index contributed by atoms with van der Waals surface area (Å²) in [5.41, 5.74) is 0.559. The molecule has 6 heteroatoms. The van der Waals surface area contributed by atoms with Crippen molar-refractivity contribution in [2.24, 2.45) is 0 Å². The molecule has 0 atom stereocenters. The fourth-order valence-electron chi connectivity index (χ4n) is 1.49. The summed E-state index contributed by atoms with van der Waals surface area (Å²) in [6, 6.07) is 4.57. The molecule has 1 rings (SSSR count). The number of carbonyl (C=O) groups excluding carboxylic acids is 1. The molecule has 0 aromatic heterocycles. The van der Waals surface area contributed by atoms with Gasteiger partial charge in [-0.15, -0.1) is 11.8 Å². The number of hydrogen-bond acceptors (Lipinski definition) is 3. The predicted octanol–water partition coefficient (Wildman–Crippen LogP) is 3.26. The minimum Gasteiger partial charge on any atom is -0.382 e. The van der Waals surface area contributed by atoms with Crippen molar-refractivity contribution in [3.05, 3.63) is 34.6 Å². The smallest absolute Gasteiger partial charge is 0.230 e. The van der Waals surface area contributed by atoms with Crippen molar-refractivity contribution in [2.75, 3.05) is 25.5 Å². The van der Waals surface area contributed by atoms with Crippen molar-refractivity contribution in [1.82, 2.24) is 5.32 Å². The Balaban J connectivity index is 2.15. The van der Waals surface area contributed by atoms with Crippen LogP contribution in [0.4, 0.5) is 4.39 Å². The highest BCUT2D eigenvalue weighted by molar-refractivity contribution is 7.99. The molecule has 112 valence electrons. The molecule has 1 aromatic carbocycles. The van der Waals surface area contributed by atoms with Gasteiger partial charge in [-0.2, -0.15) is 0 Å². The molecule has 0 unspecified atom stereocenters. The molecule has 1 N–H and O–H groups in total. The fraction of sp³-hybridized carbons (Fsp3) is 0.500. The molecule has 0 aliphatic rings. The van der Waals surface area contributed by atoms with Crippen LogP contribution < -0.4 is 5.32 Å². The quantitative estimate of drug-likeness (QED) is 0.710. The predicted molar refractivity (Wildman–Crippen MR) is 81.7 cm³/mol. The van der Waals surface area contributed by atoms with E-state index in [9.17, 15) is 9.18 Å². The highest BCUT2D eigenvalue weighted by Gasteiger charge is 2.05. The van der Waals surface area contributed by atoms with E-state index in [0.29, 0.717) is 41.9 Å². The molecule has 3 nitrogen and oxygen atoms in total. The molecular formula is C14H19ClFNO2S. The summed E-state index contributed by atoms with van der Waals surface area (Å²) < 4.78 is 18.7. The van der Waals surface area contributed by atoms with Crippen LogP contribution in [0.5, 0.6) is 0 Å². The van der Waals surface area contributed by atoms with Crippen LogP contribution in [0.25, 0.3) is 0 Å². The van der Waals surface area contributed by atoms with Crippen molar-refractivity contribution in [2.45, 2.75) is 19.1 Å². The third-order valence-electron chi connectivity index (χ3n) is 2.50. The van der Waals surface area contributed by atoms with E-state index < -0.39 is 0 Å². The molecule has 1 aromatic rings. The Bertz CT molecular complexity index is 432.